The average molecular weight is 321 g/mol. The van der Waals surface area contributed by atoms with Crippen LogP contribution in [-0.4, -0.2) is 51.8 Å². The van der Waals surface area contributed by atoms with E-state index in [9.17, 15) is 10.0 Å². The lowest BCUT2D eigenvalue weighted by Crippen LogP contribution is -2.47. The first kappa shape index (κ1) is 20.2. The van der Waals surface area contributed by atoms with E-state index in [4.69, 9.17) is 19.4 Å². The number of hydrogen-bond donors (Lipinski definition) is 1. The van der Waals surface area contributed by atoms with Crippen molar-refractivity contribution in [1.29, 1.82) is 0 Å². The van der Waals surface area contributed by atoms with Gasteiger partial charge in [-0.05, 0) is 41.5 Å². The summed E-state index contributed by atoms with van der Waals surface area (Å²) in [6, 6.07) is 0. The Morgan fingerprint density at radius 3 is 2.27 bits per heavy atom. The highest BCUT2D eigenvalue weighted by Gasteiger charge is 2.29. The molecule has 0 amide bonds. The van der Waals surface area contributed by atoms with Crippen LogP contribution in [0.5, 0.6) is 0 Å². The SMILES string of the molecule is CC(O/N=[N+](\[O-])N(CCO)C(C)(C)C)OC(=O)OC(C)(C)C. The minimum atomic E-state index is -1.10. The molecular formula is C13H27N3O6. The van der Waals surface area contributed by atoms with E-state index in [0.717, 1.165) is 0 Å². The lowest BCUT2D eigenvalue weighted by atomic mass is 10.1. The van der Waals surface area contributed by atoms with Crippen molar-refractivity contribution in [3.63, 3.8) is 0 Å². The quantitative estimate of drug-likeness (QED) is 0.263. The van der Waals surface area contributed by atoms with E-state index in [1.54, 1.807) is 41.5 Å². The highest BCUT2D eigenvalue weighted by atomic mass is 16.8. The molecule has 0 rings (SSSR count). The molecule has 0 aromatic rings. The molecule has 0 aromatic carbocycles. The molecule has 1 N–H and O–H groups in total. The number of rotatable bonds is 6. The molecule has 0 spiro atoms. The first-order valence-electron chi connectivity index (χ1n) is 6.99. The number of ether oxygens (including phenoxy) is 2. The Hall–Kier alpha value is -1.77. The second kappa shape index (κ2) is 8.02. The molecule has 0 saturated heterocycles. The van der Waals surface area contributed by atoms with E-state index < -0.39 is 23.6 Å². The molecule has 0 aromatic heterocycles. The zero-order valence-electron chi connectivity index (χ0n) is 14.3. The molecule has 0 fully saturated rings. The van der Waals surface area contributed by atoms with Crippen LogP contribution in [0.4, 0.5) is 4.79 Å². The largest absolute Gasteiger partial charge is 0.569 e. The van der Waals surface area contributed by atoms with Gasteiger partial charge in [0.05, 0.1) is 17.1 Å². The number of nitrogens with zero attached hydrogens (tertiary/aromatic N) is 3. The number of carbonyl (C=O) groups is 1. The molecule has 0 aliphatic heterocycles. The van der Waals surface area contributed by atoms with Crippen molar-refractivity contribution in [2.75, 3.05) is 13.2 Å². The summed E-state index contributed by atoms with van der Waals surface area (Å²) in [7, 11) is 0. The van der Waals surface area contributed by atoms with Gasteiger partial charge in [-0.1, -0.05) is 0 Å². The zero-order valence-corrected chi connectivity index (χ0v) is 14.3. The van der Waals surface area contributed by atoms with Crippen molar-refractivity contribution in [2.45, 2.75) is 65.9 Å². The topological polar surface area (TPSA) is 107 Å². The van der Waals surface area contributed by atoms with Crippen molar-refractivity contribution in [3.05, 3.63) is 5.21 Å². The van der Waals surface area contributed by atoms with Crippen LogP contribution in [-0.2, 0) is 14.3 Å². The molecule has 1 atom stereocenters. The fourth-order valence-electron chi connectivity index (χ4n) is 1.35. The summed E-state index contributed by atoms with van der Waals surface area (Å²) in [5.41, 5.74) is -1.25. The Bertz CT molecular complexity index is 386. The lowest BCUT2D eigenvalue weighted by Gasteiger charge is -2.29. The van der Waals surface area contributed by atoms with Crippen molar-refractivity contribution in [3.8, 4) is 0 Å². The molecule has 0 heterocycles. The van der Waals surface area contributed by atoms with Gasteiger partial charge in [-0.2, -0.15) is 0 Å². The summed E-state index contributed by atoms with van der Waals surface area (Å²) in [4.78, 5) is 16.4. The minimum Gasteiger partial charge on any atom is -0.569 e. The number of hydrogen-bond acceptors (Lipinski definition) is 7. The normalized spacial score (nSPS) is 14.3. The van der Waals surface area contributed by atoms with Gasteiger partial charge < -0.3 is 19.8 Å². The zero-order chi connectivity index (χ0) is 17.6. The van der Waals surface area contributed by atoms with Crippen LogP contribution in [0.2, 0.25) is 0 Å². The summed E-state index contributed by atoms with van der Waals surface area (Å²) in [6.07, 6.45) is -2.02. The summed E-state index contributed by atoms with van der Waals surface area (Å²) in [6.45, 7) is 11.7. The summed E-state index contributed by atoms with van der Waals surface area (Å²) < 4.78 is 9.73. The molecule has 0 bridgehead atoms. The molecule has 0 radical (unpaired) electrons. The van der Waals surface area contributed by atoms with Crippen LogP contribution in [0, 0.1) is 5.21 Å². The second-order valence-corrected chi connectivity index (χ2v) is 6.61. The van der Waals surface area contributed by atoms with E-state index >= 15 is 0 Å². The van der Waals surface area contributed by atoms with Gasteiger partial charge in [-0.25, -0.2) is 4.79 Å². The highest BCUT2D eigenvalue weighted by molar-refractivity contribution is 5.60. The van der Waals surface area contributed by atoms with E-state index in [1.807, 2.05) is 0 Å². The molecule has 9 nitrogen and oxygen atoms in total. The van der Waals surface area contributed by atoms with Gasteiger partial charge in [0.25, 0.3) is 6.29 Å². The predicted octanol–water partition coefficient (Wildman–Crippen LogP) is 2.19. The Kier molecular flexibility index (Phi) is 7.37. The number of β-amino-alcohol motifs (C(OH)–C–C–N with tert-alkyl or cyclic N) is 1. The smallest absolute Gasteiger partial charge is 0.511 e. The van der Waals surface area contributed by atoms with Crippen LogP contribution < -0.4 is 0 Å². The second-order valence-electron chi connectivity index (χ2n) is 6.61. The predicted molar refractivity (Wildman–Crippen MR) is 77.5 cm³/mol. The van der Waals surface area contributed by atoms with Gasteiger partial charge in [-0.3, -0.25) is 4.84 Å². The fourth-order valence-corrected chi connectivity index (χ4v) is 1.35. The maximum atomic E-state index is 11.9. The first-order chi connectivity index (χ1) is 9.86. The third-order valence-corrected chi connectivity index (χ3v) is 2.21. The van der Waals surface area contributed by atoms with Gasteiger partial charge in [-0.15, -0.1) is 5.01 Å². The van der Waals surface area contributed by atoms with Gasteiger partial charge in [0, 0.05) is 6.92 Å². The first-order valence-corrected chi connectivity index (χ1v) is 6.99. The van der Waals surface area contributed by atoms with Crippen molar-refractivity contribution in [2.24, 2.45) is 5.28 Å². The third kappa shape index (κ3) is 8.50. The standard InChI is InChI=1S/C13H27N3O6/c1-10(20-11(18)21-13(5,6)7)22-14-16(19)15(8-9-17)12(2,3)4/h10,17H,8-9H2,1-7H3/b16-14-. The molecule has 0 aliphatic rings. The van der Waals surface area contributed by atoms with Crippen molar-refractivity contribution >= 4 is 6.16 Å². The van der Waals surface area contributed by atoms with Crippen LogP contribution in [0.1, 0.15) is 48.5 Å². The average Bonchev–Trinajstić information content (AvgIpc) is 2.28. The number of aliphatic hydroxyl groups excluding tert-OH is 1. The molecule has 130 valence electrons. The molecule has 0 aliphatic carbocycles. The van der Waals surface area contributed by atoms with E-state index in [2.05, 4.69) is 5.28 Å². The molecule has 22 heavy (non-hydrogen) atoms. The Balaban J connectivity index is 4.58. The summed E-state index contributed by atoms with van der Waals surface area (Å²) in [5.74, 6) is 0. The van der Waals surface area contributed by atoms with Crippen LogP contribution in [0.15, 0.2) is 5.28 Å². The van der Waals surface area contributed by atoms with Crippen LogP contribution in [0.25, 0.3) is 0 Å². The van der Waals surface area contributed by atoms with Gasteiger partial charge in [0.1, 0.15) is 12.1 Å². The monoisotopic (exact) mass is 321 g/mol. The molecule has 0 saturated carbocycles. The Morgan fingerprint density at radius 2 is 1.86 bits per heavy atom. The summed E-state index contributed by atoms with van der Waals surface area (Å²) in [5, 5.41) is 25.4. The summed E-state index contributed by atoms with van der Waals surface area (Å²) >= 11 is 0. The fraction of sp³-hybridized carbons (Fsp3) is 0.923. The van der Waals surface area contributed by atoms with Gasteiger partial charge >= 0.3 is 6.16 Å². The molecule has 1 unspecified atom stereocenters. The Morgan fingerprint density at radius 1 is 1.32 bits per heavy atom. The van der Waals surface area contributed by atoms with E-state index in [1.165, 1.54) is 11.9 Å². The number of hydrazine groups is 1. The highest BCUT2D eigenvalue weighted by Crippen LogP contribution is 2.13. The maximum Gasteiger partial charge on any atom is 0.511 e. The van der Waals surface area contributed by atoms with Crippen LogP contribution >= 0.6 is 0 Å². The lowest BCUT2D eigenvalue weighted by molar-refractivity contribution is -0.727. The van der Waals surface area contributed by atoms with Gasteiger partial charge in [0.2, 0.25) is 5.28 Å². The van der Waals surface area contributed by atoms with Crippen LogP contribution in [0.3, 0.4) is 0 Å². The molecule has 9 heteroatoms. The van der Waals surface area contributed by atoms with E-state index in [0.29, 0.717) is 0 Å². The van der Waals surface area contributed by atoms with E-state index in [-0.39, 0.29) is 18.1 Å². The molecular weight excluding hydrogens is 294 g/mol. The number of carbonyl (C=O) groups excluding carboxylic acids is 1. The van der Waals surface area contributed by atoms with Crippen molar-refractivity contribution < 1.29 is 29.2 Å². The maximum absolute atomic E-state index is 11.9. The van der Waals surface area contributed by atoms with Crippen molar-refractivity contribution in [1.82, 2.24) is 5.01 Å². The van der Waals surface area contributed by atoms with Gasteiger partial charge in [0.15, 0.2) is 0 Å². The third-order valence-electron chi connectivity index (χ3n) is 2.21. The number of aliphatic hydroxyl groups is 1. The minimum absolute atomic E-state index is 0.0845. The Labute approximate surface area is 131 Å².